The molecule has 1 heterocycles. The van der Waals surface area contributed by atoms with Crippen LogP contribution in [0.2, 0.25) is 0 Å². The third-order valence-electron chi connectivity index (χ3n) is 1.19. The van der Waals surface area contributed by atoms with E-state index in [4.69, 9.17) is 0 Å². The number of aromatic amines is 1. The molecule has 3 nitrogen and oxygen atoms in total. The first-order valence-electron chi connectivity index (χ1n) is 3.42. The van der Waals surface area contributed by atoms with Crippen molar-refractivity contribution in [1.82, 2.24) is 4.98 Å². The molecule has 0 aliphatic carbocycles. The van der Waals surface area contributed by atoms with Gasteiger partial charge in [-0.25, -0.2) is 0 Å². The summed E-state index contributed by atoms with van der Waals surface area (Å²) in [5, 5.41) is 2.67. The highest BCUT2D eigenvalue weighted by molar-refractivity contribution is 7.81. The first-order valence-corrected chi connectivity index (χ1v) is 3.94. The van der Waals surface area contributed by atoms with Gasteiger partial charge in [-0.15, -0.1) is 0 Å². The summed E-state index contributed by atoms with van der Waals surface area (Å²) in [5.41, 5.74) is -0.0368. The van der Waals surface area contributed by atoms with Crippen molar-refractivity contribution in [3.05, 3.63) is 28.4 Å². The molecule has 2 N–H and O–H groups in total. The van der Waals surface area contributed by atoms with Crippen molar-refractivity contribution in [3.63, 3.8) is 0 Å². The molecule has 0 fully saturated rings. The lowest BCUT2D eigenvalue weighted by Gasteiger charge is -2.07. The van der Waals surface area contributed by atoms with E-state index in [0.717, 1.165) is 0 Å². The molecule has 66 valence electrons. The van der Waals surface area contributed by atoms with Crippen LogP contribution in [0.5, 0.6) is 0 Å². The van der Waals surface area contributed by atoms with Crippen LogP contribution in [-0.2, 0) is 0 Å². The van der Waals surface area contributed by atoms with E-state index in [0.29, 0.717) is 5.69 Å². The van der Waals surface area contributed by atoms with Crippen molar-refractivity contribution in [2.45, 2.75) is 12.3 Å². The van der Waals surface area contributed by atoms with Crippen molar-refractivity contribution in [3.8, 4) is 0 Å². The number of H-pyrrole nitrogens is 1. The number of thiol groups is 1. The Morgan fingerprint density at radius 3 is 2.83 bits per heavy atom. The predicted octanol–water partition coefficient (Wildman–Crippen LogP) is 1.20. The molecule has 0 saturated heterocycles. The summed E-state index contributed by atoms with van der Waals surface area (Å²) in [6, 6.07) is 2.48. The monoisotopic (exact) mass is 188 g/mol. The molecule has 1 rings (SSSR count). The van der Waals surface area contributed by atoms with E-state index in [9.17, 15) is 9.18 Å². The van der Waals surface area contributed by atoms with Crippen LogP contribution < -0.4 is 10.9 Å². The molecule has 1 unspecified atom stereocenters. The number of aromatic nitrogens is 1. The molecule has 12 heavy (non-hydrogen) atoms. The zero-order valence-electron chi connectivity index (χ0n) is 6.47. The zero-order chi connectivity index (χ0) is 9.14. The van der Waals surface area contributed by atoms with E-state index in [1.165, 1.54) is 12.1 Å². The lowest BCUT2D eigenvalue weighted by Crippen LogP contribution is -2.12. The zero-order valence-corrected chi connectivity index (χ0v) is 7.36. The van der Waals surface area contributed by atoms with Crippen molar-refractivity contribution in [2.24, 2.45) is 0 Å². The Hall–Kier alpha value is -0.970. The van der Waals surface area contributed by atoms with Crippen LogP contribution in [0.25, 0.3) is 0 Å². The van der Waals surface area contributed by atoms with Crippen LogP contribution in [0.15, 0.2) is 16.9 Å². The molecule has 0 bridgehead atoms. The van der Waals surface area contributed by atoms with Gasteiger partial charge in [0, 0.05) is 17.8 Å². The summed E-state index contributed by atoms with van der Waals surface area (Å²) < 4.78 is 12.6. The summed E-state index contributed by atoms with van der Waals surface area (Å²) in [7, 11) is 0. The van der Waals surface area contributed by atoms with E-state index in [1.807, 2.05) is 4.98 Å². The number of halogens is 1. The number of nitrogens with one attached hydrogen (secondary N) is 2. The maximum Gasteiger partial charge on any atom is 0.252 e. The molecule has 0 spiro atoms. The van der Waals surface area contributed by atoms with Crippen LogP contribution in [0.3, 0.4) is 0 Å². The summed E-state index contributed by atoms with van der Waals surface area (Å²) in [4.78, 5) is 12.7. The minimum atomic E-state index is -0.654. The average Bonchev–Trinajstić information content (AvgIpc) is 1.81. The van der Waals surface area contributed by atoms with Gasteiger partial charge in [0.1, 0.15) is 0 Å². The van der Waals surface area contributed by atoms with E-state index in [2.05, 4.69) is 17.9 Å². The minimum Gasteiger partial charge on any atom is -0.374 e. The Balaban J connectivity index is 2.93. The second-order valence-electron chi connectivity index (χ2n) is 2.40. The molecule has 0 saturated carbocycles. The van der Waals surface area contributed by atoms with Gasteiger partial charge in [-0.2, -0.15) is 17.0 Å². The molecular formula is C7H9FN2OS. The van der Waals surface area contributed by atoms with Gasteiger partial charge in [-0.05, 0) is 6.92 Å². The van der Waals surface area contributed by atoms with Gasteiger partial charge in [0.05, 0.1) is 5.37 Å². The molecule has 0 aromatic carbocycles. The maximum absolute atomic E-state index is 12.6. The first kappa shape index (κ1) is 9.12. The largest absolute Gasteiger partial charge is 0.374 e. The molecule has 5 heteroatoms. The van der Waals surface area contributed by atoms with Crippen LogP contribution in [0, 0.1) is 5.95 Å². The number of pyridine rings is 1. The van der Waals surface area contributed by atoms with Gasteiger partial charge in [0.15, 0.2) is 5.95 Å². The van der Waals surface area contributed by atoms with Crippen molar-refractivity contribution in [2.75, 3.05) is 5.32 Å². The van der Waals surface area contributed by atoms with Crippen molar-refractivity contribution >= 4 is 18.3 Å². The fraction of sp³-hybridized carbons (Fsp3) is 0.286. The van der Waals surface area contributed by atoms with Gasteiger partial charge in [0.2, 0.25) is 0 Å². The Bertz CT molecular complexity index is 323. The Morgan fingerprint density at radius 1 is 1.67 bits per heavy atom. The summed E-state index contributed by atoms with van der Waals surface area (Å²) >= 11 is 4.03. The first-order chi connectivity index (χ1) is 5.58. The number of hydrogen-bond donors (Lipinski definition) is 3. The van der Waals surface area contributed by atoms with E-state index in [1.54, 1.807) is 6.92 Å². The Kier molecular flexibility index (Phi) is 2.75. The minimum absolute atomic E-state index is 0.119. The van der Waals surface area contributed by atoms with Crippen molar-refractivity contribution in [1.29, 1.82) is 0 Å². The number of rotatable bonds is 2. The lowest BCUT2D eigenvalue weighted by molar-refractivity contribution is 0.580. The van der Waals surface area contributed by atoms with Crippen LogP contribution >= 0.6 is 12.6 Å². The van der Waals surface area contributed by atoms with Crippen LogP contribution in [0.4, 0.5) is 10.1 Å². The Morgan fingerprint density at radius 2 is 2.33 bits per heavy atom. The highest BCUT2D eigenvalue weighted by Crippen LogP contribution is 2.06. The lowest BCUT2D eigenvalue weighted by atomic mass is 10.4. The maximum atomic E-state index is 12.6. The van der Waals surface area contributed by atoms with Gasteiger partial charge < -0.3 is 5.32 Å². The van der Waals surface area contributed by atoms with Crippen molar-refractivity contribution < 1.29 is 4.39 Å². The quantitative estimate of drug-likeness (QED) is 0.371. The average molecular weight is 188 g/mol. The molecule has 0 radical (unpaired) electrons. The van der Waals surface area contributed by atoms with Gasteiger partial charge in [-0.1, -0.05) is 0 Å². The number of hydrogen-bond acceptors (Lipinski definition) is 3. The summed E-state index contributed by atoms with van der Waals surface area (Å²) in [5.74, 6) is -0.654. The molecule has 1 aromatic rings. The van der Waals surface area contributed by atoms with Crippen LogP contribution in [0.1, 0.15) is 6.92 Å². The summed E-state index contributed by atoms with van der Waals surface area (Å²) in [6.07, 6.45) is 0. The molecule has 1 atom stereocenters. The fourth-order valence-corrected chi connectivity index (χ4v) is 0.983. The summed E-state index contributed by atoms with van der Waals surface area (Å²) in [6.45, 7) is 1.78. The van der Waals surface area contributed by atoms with E-state index >= 15 is 0 Å². The smallest absolute Gasteiger partial charge is 0.252 e. The van der Waals surface area contributed by atoms with Crippen LogP contribution in [-0.4, -0.2) is 10.4 Å². The fourth-order valence-electron chi connectivity index (χ4n) is 0.834. The topological polar surface area (TPSA) is 44.9 Å². The third-order valence-corrected chi connectivity index (χ3v) is 1.32. The second kappa shape index (κ2) is 3.62. The standard InChI is InChI=1S/C7H9FN2OS/c1-4(12)9-5-2-6(8)10-7(11)3-5/h2-4,12H,1H3,(H2,9,10,11). The normalized spacial score (nSPS) is 12.6. The van der Waals surface area contributed by atoms with Gasteiger partial charge in [0.25, 0.3) is 5.56 Å². The van der Waals surface area contributed by atoms with E-state index < -0.39 is 11.5 Å². The Labute approximate surface area is 74.4 Å². The predicted molar refractivity (Wildman–Crippen MR) is 49.1 cm³/mol. The highest BCUT2D eigenvalue weighted by Gasteiger charge is 1.99. The highest BCUT2D eigenvalue weighted by atomic mass is 32.1. The van der Waals surface area contributed by atoms with Gasteiger partial charge in [-0.3, -0.25) is 9.78 Å². The third kappa shape index (κ3) is 2.58. The molecule has 0 aliphatic rings. The van der Waals surface area contributed by atoms with Gasteiger partial charge >= 0.3 is 0 Å². The number of anilines is 1. The SMILES string of the molecule is CC(S)Nc1cc(F)[nH]c(=O)c1. The van der Waals surface area contributed by atoms with E-state index in [-0.39, 0.29) is 5.37 Å². The molecule has 1 aromatic heterocycles. The second-order valence-corrected chi connectivity index (χ2v) is 3.18. The molecule has 0 aliphatic heterocycles. The molecule has 0 amide bonds. The molecular weight excluding hydrogens is 179 g/mol.